The van der Waals surface area contributed by atoms with Crippen LogP contribution in [-0.4, -0.2) is 22.6 Å². The Morgan fingerprint density at radius 1 is 1.30 bits per heavy atom. The SMILES string of the molecule is CCNc1ccc(C)cc1C(=O)NCc1cccnn1. The molecule has 0 aliphatic heterocycles. The van der Waals surface area contributed by atoms with E-state index in [1.807, 2.05) is 38.1 Å². The summed E-state index contributed by atoms with van der Waals surface area (Å²) < 4.78 is 0. The van der Waals surface area contributed by atoms with E-state index in [-0.39, 0.29) is 5.91 Å². The molecular formula is C15H18N4O. The molecule has 2 N–H and O–H groups in total. The van der Waals surface area contributed by atoms with Gasteiger partial charge in [0.25, 0.3) is 5.91 Å². The van der Waals surface area contributed by atoms with Crippen molar-refractivity contribution in [1.82, 2.24) is 15.5 Å². The third-order valence-electron chi connectivity index (χ3n) is 2.84. The number of carbonyl (C=O) groups excluding carboxylic acids is 1. The normalized spacial score (nSPS) is 10.1. The highest BCUT2D eigenvalue weighted by atomic mass is 16.1. The van der Waals surface area contributed by atoms with Gasteiger partial charge in [-0.1, -0.05) is 11.6 Å². The molecule has 2 rings (SSSR count). The molecule has 1 aromatic carbocycles. The van der Waals surface area contributed by atoms with E-state index < -0.39 is 0 Å². The van der Waals surface area contributed by atoms with E-state index in [0.29, 0.717) is 12.1 Å². The molecule has 0 aliphatic carbocycles. The van der Waals surface area contributed by atoms with Gasteiger partial charge in [-0.05, 0) is 38.1 Å². The largest absolute Gasteiger partial charge is 0.385 e. The Kier molecular flexibility index (Phi) is 4.65. The minimum absolute atomic E-state index is 0.115. The summed E-state index contributed by atoms with van der Waals surface area (Å²) in [6.45, 7) is 5.11. The number of hydrogen-bond acceptors (Lipinski definition) is 4. The monoisotopic (exact) mass is 270 g/mol. The Labute approximate surface area is 118 Å². The van der Waals surface area contributed by atoms with Crippen LogP contribution in [0.4, 0.5) is 5.69 Å². The summed E-state index contributed by atoms with van der Waals surface area (Å²) in [4.78, 5) is 12.3. The maximum atomic E-state index is 12.3. The van der Waals surface area contributed by atoms with Crippen LogP contribution in [0.3, 0.4) is 0 Å². The Morgan fingerprint density at radius 3 is 2.85 bits per heavy atom. The first-order valence-electron chi connectivity index (χ1n) is 6.60. The molecule has 0 saturated heterocycles. The lowest BCUT2D eigenvalue weighted by atomic mass is 10.1. The fraction of sp³-hybridized carbons (Fsp3) is 0.267. The Balaban J connectivity index is 2.10. The van der Waals surface area contributed by atoms with Crippen LogP contribution in [0.1, 0.15) is 28.5 Å². The number of rotatable bonds is 5. The predicted molar refractivity (Wildman–Crippen MR) is 78.5 cm³/mol. The zero-order chi connectivity index (χ0) is 14.4. The van der Waals surface area contributed by atoms with Gasteiger partial charge < -0.3 is 10.6 Å². The molecule has 1 amide bonds. The number of benzene rings is 1. The first-order chi connectivity index (χ1) is 9.70. The Morgan fingerprint density at radius 2 is 2.15 bits per heavy atom. The molecule has 1 aromatic heterocycles. The number of amides is 1. The zero-order valence-electron chi connectivity index (χ0n) is 11.7. The van der Waals surface area contributed by atoms with Gasteiger partial charge in [0.15, 0.2) is 0 Å². The van der Waals surface area contributed by atoms with E-state index in [1.54, 1.807) is 12.3 Å². The lowest BCUT2D eigenvalue weighted by Crippen LogP contribution is -2.24. The predicted octanol–water partition coefficient (Wildman–Crippen LogP) is 2.15. The molecule has 0 fully saturated rings. The lowest BCUT2D eigenvalue weighted by molar-refractivity contribution is 0.0951. The minimum atomic E-state index is -0.115. The molecule has 0 spiro atoms. The number of carbonyl (C=O) groups is 1. The van der Waals surface area contributed by atoms with Crippen molar-refractivity contribution >= 4 is 11.6 Å². The quantitative estimate of drug-likeness (QED) is 0.873. The van der Waals surface area contributed by atoms with Gasteiger partial charge in [-0.15, -0.1) is 0 Å². The molecule has 0 atom stereocenters. The Bertz CT molecular complexity index is 584. The molecule has 2 aromatic rings. The topological polar surface area (TPSA) is 66.9 Å². The van der Waals surface area contributed by atoms with E-state index in [4.69, 9.17) is 0 Å². The summed E-state index contributed by atoms with van der Waals surface area (Å²) in [7, 11) is 0. The van der Waals surface area contributed by atoms with Crippen LogP contribution in [0.25, 0.3) is 0 Å². The summed E-state index contributed by atoms with van der Waals surface area (Å²) >= 11 is 0. The molecule has 0 bridgehead atoms. The minimum Gasteiger partial charge on any atom is -0.385 e. The summed E-state index contributed by atoms with van der Waals surface area (Å²) in [5.74, 6) is -0.115. The highest BCUT2D eigenvalue weighted by Gasteiger charge is 2.11. The van der Waals surface area contributed by atoms with E-state index in [0.717, 1.165) is 23.5 Å². The van der Waals surface area contributed by atoms with Crippen LogP contribution in [0.2, 0.25) is 0 Å². The zero-order valence-corrected chi connectivity index (χ0v) is 11.7. The van der Waals surface area contributed by atoms with Gasteiger partial charge in [0.1, 0.15) is 0 Å². The molecule has 5 heteroatoms. The van der Waals surface area contributed by atoms with E-state index in [1.165, 1.54) is 0 Å². The molecule has 1 heterocycles. The van der Waals surface area contributed by atoms with Crippen molar-refractivity contribution in [3.63, 3.8) is 0 Å². The average molecular weight is 270 g/mol. The van der Waals surface area contributed by atoms with Crippen molar-refractivity contribution in [2.24, 2.45) is 0 Å². The second-order valence-electron chi connectivity index (χ2n) is 4.48. The number of nitrogens with one attached hydrogen (secondary N) is 2. The van der Waals surface area contributed by atoms with Crippen molar-refractivity contribution in [3.05, 3.63) is 53.3 Å². The second-order valence-corrected chi connectivity index (χ2v) is 4.48. The summed E-state index contributed by atoms with van der Waals surface area (Å²) in [5.41, 5.74) is 3.28. The van der Waals surface area contributed by atoms with E-state index in [2.05, 4.69) is 20.8 Å². The van der Waals surface area contributed by atoms with Crippen molar-refractivity contribution in [2.45, 2.75) is 20.4 Å². The molecule has 5 nitrogen and oxygen atoms in total. The van der Waals surface area contributed by atoms with Gasteiger partial charge in [0.05, 0.1) is 17.8 Å². The van der Waals surface area contributed by atoms with E-state index >= 15 is 0 Å². The molecular weight excluding hydrogens is 252 g/mol. The van der Waals surface area contributed by atoms with Crippen molar-refractivity contribution in [2.75, 3.05) is 11.9 Å². The summed E-state index contributed by atoms with van der Waals surface area (Å²) in [5, 5.41) is 13.8. The highest BCUT2D eigenvalue weighted by Crippen LogP contribution is 2.17. The fourth-order valence-electron chi connectivity index (χ4n) is 1.88. The van der Waals surface area contributed by atoms with Crippen LogP contribution >= 0.6 is 0 Å². The van der Waals surface area contributed by atoms with Gasteiger partial charge in [-0.25, -0.2) is 0 Å². The maximum Gasteiger partial charge on any atom is 0.253 e. The van der Waals surface area contributed by atoms with Crippen molar-refractivity contribution in [3.8, 4) is 0 Å². The van der Waals surface area contributed by atoms with Crippen molar-refractivity contribution < 1.29 is 4.79 Å². The third-order valence-corrected chi connectivity index (χ3v) is 2.84. The summed E-state index contributed by atoms with van der Waals surface area (Å²) in [6.07, 6.45) is 1.61. The third kappa shape index (κ3) is 3.54. The number of aryl methyl sites for hydroxylation is 1. The number of aromatic nitrogens is 2. The highest BCUT2D eigenvalue weighted by molar-refractivity contribution is 5.99. The van der Waals surface area contributed by atoms with Gasteiger partial charge >= 0.3 is 0 Å². The fourth-order valence-corrected chi connectivity index (χ4v) is 1.88. The lowest BCUT2D eigenvalue weighted by Gasteiger charge is -2.11. The van der Waals surface area contributed by atoms with Crippen LogP contribution < -0.4 is 10.6 Å². The Hall–Kier alpha value is -2.43. The molecule has 104 valence electrons. The summed E-state index contributed by atoms with van der Waals surface area (Å²) in [6, 6.07) is 9.41. The molecule has 0 unspecified atom stereocenters. The van der Waals surface area contributed by atoms with Gasteiger partial charge in [-0.2, -0.15) is 10.2 Å². The maximum absolute atomic E-state index is 12.3. The second kappa shape index (κ2) is 6.65. The number of anilines is 1. The number of nitrogens with zero attached hydrogens (tertiary/aromatic N) is 2. The van der Waals surface area contributed by atoms with Crippen LogP contribution in [-0.2, 0) is 6.54 Å². The van der Waals surface area contributed by atoms with Gasteiger partial charge in [0.2, 0.25) is 0 Å². The first kappa shape index (κ1) is 14.0. The smallest absolute Gasteiger partial charge is 0.253 e. The van der Waals surface area contributed by atoms with Crippen LogP contribution in [0, 0.1) is 6.92 Å². The van der Waals surface area contributed by atoms with E-state index in [9.17, 15) is 4.79 Å². The first-order valence-corrected chi connectivity index (χ1v) is 6.60. The van der Waals surface area contributed by atoms with Gasteiger partial charge in [-0.3, -0.25) is 4.79 Å². The standard InChI is InChI=1S/C15H18N4O/c1-3-16-14-7-6-11(2)9-13(14)15(20)17-10-12-5-4-8-18-19-12/h4-9,16H,3,10H2,1-2H3,(H,17,20). The van der Waals surface area contributed by atoms with Crippen LogP contribution in [0.15, 0.2) is 36.5 Å². The van der Waals surface area contributed by atoms with Gasteiger partial charge in [0, 0.05) is 18.4 Å². The van der Waals surface area contributed by atoms with Crippen LogP contribution in [0.5, 0.6) is 0 Å². The molecule has 0 radical (unpaired) electrons. The van der Waals surface area contributed by atoms with Crippen molar-refractivity contribution in [1.29, 1.82) is 0 Å². The molecule has 20 heavy (non-hydrogen) atoms. The average Bonchev–Trinajstić information content (AvgIpc) is 2.48. The number of hydrogen-bond donors (Lipinski definition) is 2. The molecule has 0 saturated carbocycles. The molecule has 0 aliphatic rings.